The number of methoxy groups -OCH3 is 1. The molecule has 0 amide bonds. The number of ether oxygens (including phenoxy) is 1. The van der Waals surface area contributed by atoms with Crippen LogP contribution in [0.2, 0.25) is 0 Å². The van der Waals surface area contributed by atoms with E-state index in [2.05, 4.69) is 30.2 Å². The molecule has 0 atom stereocenters. The van der Waals surface area contributed by atoms with Crippen molar-refractivity contribution in [3.8, 4) is 5.75 Å². The molecule has 0 radical (unpaired) electrons. The molecule has 0 unspecified atom stereocenters. The number of benzene rings is 1. The van der Waals surface area contributed by atoms with Crippen molar-refractivity contribution in [1.29, 1.82) is 0 Å². The van der Waals surface area contributed by atoms with E-state index in [0.717, 1.165) is 42.0 Å². The van der Waals surface area contributed by atoms with Gasteiger partial charge in [0.05, 0.1) is 33.4 Å². The van der Waals surface area contributed by atoms with Gasteiger partial charge in [0, 0.05) is 24.8 Å². The lowest BCUT2D eigenvalue weighted by atomic mass is 10.0. The molecule has 6 nitrogen and oxygen atoms in total. The zero-order valence-electron chi connectivity index (χ0n) is 14.7. The number of quaternary nitrogens is 1. The molecule has 1 N–H and O–H groups in total. The van der Waals surface area contributed by atoms with Crippen LogP contribution >= 0.6 is 0 Å². The maximum atomic E-state index is 10.7. The molecular weight excluding hydrogens is 330 g/mol. The van der Waals surface area contributed by atoms with Gasteiger partial charge in [-0.25, -0.2) is 4.18 Å². The first-order valence-corrected chi connectivity index (χ1v) is 9.72. The lowest BCUT2D eigenvalue weighted by molar-refractivity contribution is -0.929. The van der Waals surface area contributed by atoms with Crippen molar-refractivity contribution in [2.45, 2.75) is 39.7 Å². The van der Waals surface area contributed by atoms with Crippen LogP contribution in [0.25, 0.3) is 0 Å². The summed E-state index contributed by atoms with van der Waals surface area (Å²) in [6, 6.07) is 4.32. The van der Waals surface area contributed by atoms with E-state index in [-0.39, 0.29) is 6.61 Å². The summed E-state index contributed by atoms with van der Waals surface area (Å²) in [5.74, 6) is 0.914. The number of hydrogen-bond donors (Lipinski definition) is 1. The quantitative estimate of drug-likeness (QED) is 0.439. The highest BCUT2D eigenvalue weighted by Gasteiger charge is 2.32. The normalized spacial score (nSPS) is 17.2. The van der Waals surface area contributed by atoms with Crippen molar-refractivity contribution in [3.63, 3.8) is 0 Å². The largest absolute Gasteiger partial charge is 0.496 e. The fraction of sp³-hybridized carbons (Fsp3) is 0.647. The Labute approximate surface area is 144 Å². The number of nitrogens with zero attached hydrogens (tertiary/aromatic N) is 1. The van der Waals surface area contributed by atoms with Crippen LogP contribution in [0.4, 0.5) is 0 Å². The van der Waals surface area contributed by atoms with Gasteiger partial charge in [0.1, 0.15) is 12.3 Å². The monoisotopic (exact) mass is 358 g/mol. The van der Waals surface area contributed by atoms with Crippen LogP contribution in [0, 0.1) is 13.8 Å². The van der Waals surface area contributed by atoms with Crippen LogP contribution in [0.1, 0.15) is 36.0 Å². The molecule has 1 heterocycles. The topological polar surface area (TPSA) is 72.8 Å². The Morgan fingerprint density at radius 3 is 2.46 bits per heavy atom. The molecule has 1 aromatic carbocycles. The minimum absolute atomic E-state index is 0.0229. The summed E-state index contributed by atoms with van der Waals surface area (Å²) in [6.45, 7) is 8.09. The second kappa shape index (κ2) is 7.82. The third-order valence-corrected chi connectivity index (χ3v) is 5.41. The maximum Gasteiger partial charge on any atom is 0.397 e. The minimum atomic E-state index is -4.34. The van der Waals surface area contributed by atoms with E-state index >= 15 is 0 Å². The Hall–Kier alpha value is -1.15. The summed E-state index contributed by atoms with van der Waals surface area (Å²) in [5.41, 5.74) is 3.62. The summed E-state index contributed by atoms with van der Waals surface area (Å²) >= 11 is 0. The highest BCUT2D eigenvalue weighted by Crippen LogP contribution is 2.28. The highest BCUT2D eigenvalue weighted by molar-refractivity contribution is 7.80. The van der Waals surface area contributed by atoms with E-state index in [1.54, 1.807) is 7.11 Å². The van der Waals surface area contributed by atoms with Gasteiger partial charge >= 0.3 is 10.4 Å². The Kier molecular flexibility index (Phi) is 6.25. The number of likely N-dealkylation sites (tertiary alicyclic amines) is 1. The van der Waals surface area contributed by atoms with Gasteiger partial charge in [0.25, 0.3) is 0 Å². The molecule has 0 bridgehead atoms. The summed E-state index contributed by atoms with van der Waals surface area (Å²) < 4.78 is 40.8. The van der Waals surface area contributed by atoms with Gasteiger partial charge in [0.15, 0.2) is 0 Å². The summed E-state index contributed by atoms with van der Waals surface area (Å²) in [6.07, 6.45) is 2.96. The van der Waals surface area contributed by atoms with Crippen LogP contribution in [-0.4, -0.2) is 50.8 Å². The van der Waals surface area contributed by atoms with E-state index in [1.807, 2.05) is 0 Å². The van der Waals surface area contributed by atoms with Crippen molar-refractivity contribution in [1.82, 2.24) is 0 Å². The van der Waals surface area contributed by atoms with Crippen LogP contribution in [0.5, 0.6) is 5.75 Å². The molecular formula is C17H28NO5S+. The standard InChI is InChI=1S/C17H27NO5S/c1-14-11-16(12-17(22-3)15(14)2)13-18(7-4-5-8-18)9-6-10-23-24(19,20)21/h11-12H,4-10,13H2,1-3H3/p+1. The third kappa shape index (κ3) is 5.17. The van der Waals surface area contributed by atoms with E-state index in [4.69, 9.17) is 9.29 Å². The van der Waals surface area contributed by atoms with E-state index < -0.39 is 10.4 Å². The molecule has 0 aliphatic carbocycles. The fourth-order valence-electron chi connectivity index (χ4n) is 3.62. The molecule has 1 saturated heterocycles. The first-order valence-electron chi connectivity index (χ1n) is 8.36. The average molecular weight is 358 g/mol. The van der Waals surface area contributed by atoms with Crippen molar-refractivity contribution in [3.05, 3.63) is 28.8 Å². The first-order chi connectivity index (χ1) is 11.2. The molecule has 0 saturated carbocycles. The second-order valence-electron chi connectivity index (χ2n) is 6.72. The van der Waals surface area contributed by atoms with Gasteiger partial charge in [-0.05, 0) is 37.1 Å². The Balaban J connectivity index is 2.06. The van der Waals surface area contributed by atoms with Crippen molar-refractivity contribution in [2.24, 2.45) is 0 Å². The zero-order valence-corrected chi connectivity index (χ0v) is 15.6. The second-order valence-corrected chi connectivity index (χ2v) is 7.81. The molecule has 0 spiro atoms. The molecule has 2 rings (SSSR count). The van der Waals surface area contributed by atoms with Gasteiger partial charge < -0.3 is 9.22 Å². The lowest BCUT2D eigenvalue weighted by Crippen LogP contribution is -2.45. The predicted octanol–water partition coefficient (Wildman–Crippen LogP) is 2.63. The number of hydrogen-bond acceptors (Lipinski definition) is 4. The smallest absolute Gasteiger partial charge is 0.397 e. The minimum Gasteiger partial charge on any atom is -0.496 e. The summed E-state index contributed by atoms with van der Waals surface area (Å²) in [4.78, 5) is 0. The first kappa shape index (κ1) is 19.2. The van der Waals surface area contributed by atoms with Crippen molar-refractivity contribution in [2.75, 3.05) is 33.4 Å². The van der Waals surface area contributed by atoms with Crippen LogP contribution in [-0.2, 0) is 21.1 Å². The molecule has 24 heavy (non-hydrogen) atoms. The van der Waals surface area contributed by atoms with Crippen LogP contribution in [0.15, 0.2) is 12.1 Å². The lowest BCUT2D eigenvalue weighted by Gasteiger charge is -2.34. The average Bonchev–Trinajstić information content (AvgIpc) is 2.95. The van der Waals surface area contributed by atoms with Gasteiger partial charge in [-0.1, -0.05) is 0 Å². The van der Waals surface area contributed by atoms with Crippen LogP contribution in [0.3, 0.4) is 0 Å². The molecule has 1 aliphatic heterocycles. The SMILES string of the molecule is COc1cc(C[N+]2(CCCOS(=O)(=O)O)CCCC2)cc(C)c1C. The molecule has 1 fully saturated rings. The van der Waals surface area contributed by atoms with E-state index in [1.165, 1.54) is 24.0 Å². The van der Waals surface area contributed by atoms with E-state index in [0.29, 0.717) is 6.42 Å². The van der Waals surface area contributed by atoms with Gasteiger partial charge in [-0.3, -0.25) is 4.55 Å². The molecule has 0 aromatic heterocycles. The van der Waals surface area contributed by atoms with Gasteiger partial charge in [-0.2, -0.15) is 8.42 Å². The van der Waals surface area contributed by atoms with E-state index in [9.17, 15) is 8.42 Å². The summed E-state index contributed by atoms with van der Waals surface area (Å²) in [7, 11) is -2.65. The highest BCUT2D eigenvalue weighted by atomic mass is 32.3. The molecule has 7 heteroatoms. The number of rotatable bonds is 8. The third-order valence-electron chi connectivity index (χ3n) is 4.94. The predicted molar refractivity (Wildman–Crippen MR) is 92.4 cm³/mol. The molecule has 1 aliphatic rings. The Morgan fingerprint density at radius 1 is 1.21 bits per heavy atom. The van der Waals surface area contributed by atoms with Crippen molar-refractivity contribution >= 4 is 10.4 Å². The van der Waals surface area contributed by atoms with Crippen molar-refractivity contribution < 1.29 is 26.4 Å². The van der Waals surface area contributed by atoms with Gasteiger partial charge in [-0.15, -0.1) is 0 Å². The molecule has 1 aromatic rings. The summed E-state index contributed by atoms with van der Waals surface area (Å²) in [5, 5.41) is 0. The maximum absolute atomic E-state index is 10.7. The Morgan fingerprint density at radius 2 is 1.88 bits per heavy atom. The van der Waals surface area contributed by atoms with Crippen LogP contribution < -0.4 is 4.74 Å². The number of aryl methyl sites for hydroxylation is 1. The van der Waals surface area contributed by atoms with Gasteiger partial charge in [0.2, 0.25) is 0 Å². The fourth-order valence-corrected chi connectivity index (χ4v) is 3.95. The Bertz CT molecular complexity index is 666. The zero-order chi connectivity index (χ0) is 17.8. The molecule has 136 valence electrons.